The van der Waals surface area contributed by atoms with Crippen molar-refractivity contribution in [2.75, 3.05) is 7.11 Å². The molecule has 0 aliphatic heterocycles. The lowest BCUT2D eigenvalue weighted by Gasteiger charge is -2.07. The molecule has 0 bridgehead atoms. The van der Waals surface area contributed by atoms with Gasteiger partial charge in [0.2, 0.25) is 0 Å². The summed E-state index contributed by atoms with van der Waals surface area (Å²) in [6, 6.07) is 21.3. The average molecular weight is 376 g/mol. The SMILES string of the molecule is COc1ccc(O)c(/C=N/NC(=O)c2ccc(COc3ccccc3)cc2)c1. The second kappa shape index (κ2) is 9.23. The van der Waals surface area contributed by atoms with Gasteiger partial charge in [0, 0.05) is 11.1 Å². The standard InChI is InChI=1S/C22H20N2O4/c1-27-20-11-12-21(25)18(13-20)14-23-24-22(26)17-9-7-16(8-10-17)15-28-19-5-3-2-4-6-19/h2-14,25H,15H2,1H3,(H,24,26)/b23-14+. The van der Waals surface area contributed by atoms with Gasteiger partial charge in [0.1, 0.15) is 23.9 Å². The second-order valence-electron chi connectivity index (χ2n) is 5.92. The molecule has 0 aliphatic carbocycles. The van der Waals surface area contributed by atoms with Gasteiger partial charge in [0.15, 0.2) is 0 Å². The summed E-state index contributed by atoms with van der Waals surface area (Å²) in [5.41, 5.74) is 4.29. The molecule has 28 heavy (non-hydrogen) atoms. The highest BCUT2D eigenvalue weighted by molar-refractivity contribution is 5.95. The molecular weight excluding hydrogens is 356 g/mol. The van der Waals surface area contributed by atoms with Crippen LogP contribution in [0.25, 0.3) is 0 Å². The van der Waals surface area contributed by atoms with Crippen LogP contribution in [0.15, 0.2) is 77.9 Å². The summed E-state index contributed by atoms with van der Waals surface area (Å²) in [6.07, 6.45) is 1.36. The van der Waals surface area contributed by atoms with Crippen molar-refractivity contribution in [3.63, 3.8) is 0 Å². The van der Waals surface area contributed by atoms with Crippen LogP contribution in [0.5, 0.6) is 17.2 Å². The first-order chi connectivity index (χ1) is 13.7. The molecule has 6 nitrogen and oxygen atoms in total. The quantitative estimate of drug-likeness (QED) is 0.486. The smallest absolute Gasteiger partial charge is 0.271 e. The Hall–Kier alpha value is -3.80. The number of hydrogen-bond donors (Lipinski definition) is 2. The van der Waals surface area contributed by atoms with Crippen LogP contribution in [0, 0.1) is 0 Å². The second-order valence-corrected chi connectivity index (χ2v) is 5.92. The van der Waals surface area contributed by atoms with Crippen LogP contribution >= 0.6 is 0 Å². The van der Waals surface area contributed by atoms with Crippen LogP contribution in [0.1, 0.15) is 21.5 Å². The number of hydrazone groups is 1. The number of rotatable bonds is 7. The molecule has 1 amide bonds. The lowest BCUT2D eigenvalue weighted by atomic mass is 10.1. The van der Waals surface area contributed by atoms with Crippen molar-refractivity contribution in [1.82, 2.24) is 5.43 Å². The lowest BCUT2D eigenvalue weighted by Crippen LogP contribution is -2.17. The summed E-state index contributed by atoms with van der Waals surface area (Å²) in [7, 11) is 1.53. The van der Waals surface area contributed by atoms with Crippen molar-refractivity contribution in [2.24, 2.45) is 5.10 Å². The van der Waals surface area contributed by atoms with Gasteiger partial charge in [-0.2, -0.15) is 5.10 Å². The summed E-state index contributed by atoms with van der Waals surface area (Å²) in [5.74, 6) is 1.06. The number of para-hydroxylation sites is 1. The van der Waals surface area contributed by atoms with Crippen LogP contribution in [-0.4, -0.2) is 24.3 Å². The van der Waals surface area contributed by atoms with Gasteiger partial charge in [0.05, 0.1) is 13.3 Å². The Kier molecular flexibility index (Phi) is 6.25. The van der Waals surface area contributed by atoms with E-state index in [1.165, 1.54) is 19.4 Å². The maximum Gasteiger partial charge on any atom is 0.271 e. The monoisotopic (exact) mass is 376 g/mol. The fourth-order valence-corrected chi connectivity index (χ4v) is 2.42. The van der Waals surface area contributed by atoms with Crippen LogP contribution < -0.4 is 14.9 Å². The number of ether oxygens (including phenoxy) is 2. The van der Waals surface area contributed by atoms with E-state index in [0.29, 0.717) is 23.5 Å². The molecule has 0 heterocycles. The number of carbonyl (C=O) groups is 1. The molecule has 3 rings (SSSR count). The highest BCUT2D eigenvalue weighted by Crippen LogP contribution is 2.21. The maximum absolute atomic E-state index is 12.2. The molecule has 2 N–H and O–H groups in total. The van der Waals surface area contributed by atoms with E-state index in [1.807, 2.05) is 42.5 Å². The number of benzene rings is 3. The topological polar surface area (TPSA) is 80.2 Å². The summed E-state index contributed by atoms with van der Waals surface area (Å²) >= 11 is 0. The molecular formula is C22H20N2O4. The predicted molar refractivity (Wildman–Crippen MR) is 107 cm³/mol. The average Bonchev–Trinajstić information content (AvgIpc) is 2.74. The van der Waals surface area contributed by atoms with Gasteiger partial charge in [-0.15, -0.1) is 0 Å². The van der Waals surface area contributed by atoms with E-state index >= 15 is 0 Å². The Bertz CT molecular complexity index is 954. The number of nitrogens with zero attached hydrogens (tertiary/aromatic N) is 1. The maximum atomic E-state index is 12.2. The number of aromatic hydroxyl groups is 1. The molecule has 0 radical (unpaired) electrons. The fourth-order valence-electron chi connectivity index (χ4n) is 2.42. The summed E-state index contributed by atoms with van der Waals surface area (Å²) in [5, 5.41) is 13.7. The molecule has 0 unspecified atom stereocenters. The van der Waals surface area contributed by atoms with E-state index in [-0.39, 0.29) is 11.7 Å². The number of methoxy groups -OCH3 is 1. The van der Waals surface area contributed by atoms with E-state index in [9.17, 15) is 9.90 Å². The lowest BCUT2D eigenvalue weighted by molar-refractivity contribution is 0.0955. The first-order valence-electron chi connectivity index (χ1n) is 8.63. The van der Waals surface area contributed by atoms with Gasteiger partial charge in [0.25, 0.3) is 5.91 Å². The molecule has 142 valence electrons. The number of phenolic OH excluding ortho intramolecular Hbond substituents is 1. The zero-order valence-corrected chi connectivity index (χ0v) is 15.3. The number of phenols is 1. The Balaban J connectivity index is 1.56. The highest BCUT2D eigenvalue weighted by atomic mass is 16.5. The third-order valence-corrected chi connectivity index (χ3v) is 3.97. The van der Waals surface area contributed by atoms with Gasteiger partial charge in [-0.25, -0.2) is 5.43 Å². The minimum atomic E-state index is -0.353. The summed E-state index contributed by atoms with van der Waals surface area (Å²) in [4.78, 5) is 12.2. The van der Waals surface area contributed by atoms with E-state index in [0.717, 1.165) is 11.3 Å². The summed E-state index contributed by atoms with van der Waals surface area (Å²) < 4.78 is 10.8. The van der Waals surface area contributed by atoms with Gasteiger partial charge in [-0.3, -0.25) is 4.79 Å². The highest BCUT2D eigenvalue weighted by Gasteiger charge is 2.05. The van der Waals surface area contributed by atoms with Crippen LogP contribution in [0.2, 0.25) is 0 Å². The van der Waals surface area contributed by atoms with E-state index in [1.54, 1.807) is 24.3 Å². The van der Waals surface area contributed by atoms with E-state index in [2.05, 4.69) is 10.5 Å². The predicted octanol–water partition coefficient (Wildman–Crippen LogP) is 3.74. The van der Waals surface area contributed by atoms with Crippen LogP contribution in [0.3, 0.4) is 0 Å². The van der Waals surface area contributed by atoms with Gasteiger partial charge < -0.3 is 14.6 Å². The first kappa shape index (κ1) is 19.0. The summed E-state index contributed by atoms with van der Waals surface area (Å²) in [6.45, 7) is 0.416. The third-order valence-electron chi connectivity index (χ3n) is 3.97. The Morgan fingerprint density at radius 2 is 1.79 bits per heavy atom. The molecule has 0 aromatic heterocycles. The largest absolute Gasteiger partial charge is 0.507 e. The molecule has 3 aromatic carbocycles. The minimum Gasteiger partial charge on any atom is -0.507 e. The number of carbonyl (C=O) groups excluding carboxylic acids is 1. The van der Waals surface area contributed by atoms with Gasteiger partial charge in [-0.1, -0.05) is 30.3 Å². The Morgan fingerprint density at radius 1 is 1.04 bits per heavy atom. The van der Waals surface area contributed by atoms with E-state index < -0.39 is 0 Å². The van der Waals surface area contributed by atoms with Crippen molar-refractivity contribution < 1.29 is 19.4 Å². The van der Waals surface area contributed by atoms with Crippen molar-refractivity contribution in [2.45, 2.75) is 6.61 Å². The van der Waals surface area contributed by atoms with Crippen LogP contribution in [0.4, 0.5) is 0 Å². The number of nitrogens with one attached hydrogen (secondary N) is 1. The van der Waals surface area contributed by atoms with Crippen LogP contribution in [-0.2, 0) is 6.61 Å². The van der Waals surface area contributed by atoms with Crippen molar-refractivity contribution >= 4 is 12.1 Å². The molecule has 3 aromatic rings. The Labute approximate surface area is 163 Å². The molecule has 0 aliphatic rings. The van der Waals surface area contributed by atoms with Gasteiger partial charge >= 0.3 is 0 Å². The van der Waals surface area contributed by atoms with Crippen molar-refractivity contribution in [3.05, 3.63) is 89.5 Å². The molecule has 0 spiro atoms. The molecule has 6 heteroatoms. The molecule has 0 fully saturated rings. The van der Waals surface area contributed by atoms with Crippen molar-refractivity contribution in [3.8, 4) is 17.2 Å². The number of hydrogen-bond acceptors (Lipinski definition) is 5. The normalized spacial score (nSPS) is 10.6. The Morgan fingerprint density at radius 3 is 2.50 bits per heavy atom. The number of amides is 1. The zero-order chi connectivity index (χ0) is 19.8. The molecule has 0 atom stereocenters. The molecule has 0 saturated heterocycles. The fraction of sp³-hybridized carbons (Fsp3) is 0.0909. The minimum absolute atomic E-state index is 0.0431. The van der Waals surface area contributed by atoms with E-state index in [4.69, 9.17) is 9.47 Å². The third kappa shape index (κ3) is 5.11. The van der Waals surface area contributed by atoms with Crippen molar-refractivity contribution in [1.29, 1.82) is 0 Å². The zero-order valence-electron chi connectivity index (χ0n) is 15.3. The van der Waals surface area contributed by atoms with Gasteiger partial charge in [-0.05, 0) is 48.0 Å². The first-order valence-corrected chi connectivity index (χ1v) is 8.63. The molecule has 0 saturated carbocycles.